The zero-order valence-electron chi connectivity index (χ0n) is 23.3. The van der Waals surface area contributed by atoms with Gasteiger partial charge in [-0.05, 0) is 53.7 Å². The van der Waals surface area contributed by atoms with Crippen LogP contribution in [0.1, 0.15) is 40.3 Å². The number of aromatic amines is 1. The normalized spacial score (nSPS) is 15.1. The second kappa shape index (κ2) is 11.3. The SMILES string of the molecule is Cn1c([N+](=O)[O-])cnc1COc1ccc2c(Cc3ccc(F)c(C(=O)N4CCN(C(=O)C5CC5)CC4)c3)n[nH]c(=O)c2c1. The number of aromatic nitrogens is 4. The summed E-state index contributed by atoms with van der Waals surface area (Å²) in [6.45, 7) is 1.50. The van der Waals surface area contributed by atoms with Gasteiger partial charge in [-0.3, -0.25) is 14.4 Å². The minimum Gasteiger partial charge on any atom is -0.483 e. The Morgan fingerprint density at radius 1 is 1.09 bits per heavy atom. The van der Waals surface area contributed by atoms with E-state index in [9.17, 15) is 28.9 Å². The van der Waals surface area contributed by atoms with Crippen molar-refractivity contribution in [3.05, 3.63) is 91.5 Å². The van der Waals surface area contributed by atoms with E-state index in [0.29, 0.717) is 59.8 Å². The third kappa shape index (κ3) is 5.67. The first-order chi connectivity index (χ1) is 20.7. The van der Waals surface area contributed by atoms with Gasteiger partial charge in [-0.25, -0.2) is 19.0 Å². The molecule has 6 rings (SSSR count). The quantitative estimate of drug-likeness (QED) is 0.243. The van der Waals surface area contributed by atoms with E-state index in [0.717, 1.165) is 19.0 Å². The van der Waals surface area contributed by atoms with Crippen LogP contribution in [0.25, 0.3) is 10.8 Å². The summed E-state index contributed by atoms with van der Waals surface area (Å²) in [5, 5.41) is 18.6. The molecule has 0 atom stereocenters. The molecule has 1 N–H and O–H groups in total. The molecule has 1 saturated carbocycles. The number of nitrogens with one attached hydrogen (secondary N) is 1. The molecule has 3 heterocycles. The molecule has 2 aromatic carbocycles. The highest BCUT2D eigenvalue weighted by Crippen LogP contribution is 2.31. The number of ether oxygens (including phenoxy) is 1. The van der Waals surface area contributed by atoms with Crippen LogP contribution in [0.2, 0.25) is 0 Å². The molecular formula is C29H28FN7O6. The van der Waals surface area contributed by atoms with Crippen LogP contribution in [0.3, 0.4) is 0 Å². The molecule has 2 fully saturated rings. The first-order valence-electron chi connectivity index (χ1n) is 13.8. The summed E-state index contributed by atoms with van der Waals surface area (Å²) in [5.41, 5.74) is 0.646. The van der Waals surface area contributed by atoms with E-state index in [2.05, 4.69) is 15.2 Å². The van der Waals surface area contributed by atoms with Gasteiger partial charge in [0.25, 0.3) is 11.5 Å². The van der Waals surface area contributed by atoms with E-state index in [-0.39, 0.29) is 36.2 Å². The highest BCUT2D eigenvalue weighted by molar-refractivity contribution is 5.95. The first kappa shape index (κ1) is 28.0. The lowest BCUT2D eigenvalue weighted by Crippen LogP contribution is -2.51. The molecule has 0 spiro atoms. The Labute approximate surface area is 244 Å². The molecule has 222 valence electrons. The topological polar surface area (TPSA) is 157 Å². The molecule has 0 bridgehead atoms. The Kier molecular flexibility index (Phi) is 7.34. The summed E-state index contributed by atoms with van der Waals surface area (Å²) in [6, 6.07) is 9.20. The Hall–Kier alpha value is -5.14. The van der Waals surface area contributed by atoms with Gasteiger partial charge < -0.3 is 24.7 Å². The van der Waals surface area contributed by atoms with Crippen LogP contribution in [0.4, 0.5) is 10.2 Å². The van der Waals surface area contributed by atoms with E-state index >= 15 is 0 Å². The van der Waals surface area contributed by atoms with Gasteiger partial charge in [0.1, 0.15) is 17.8 Å². The lowest BCUT2D eigenvalue weighted by atomic mass is 10.0. The molecule has 0 radical (unpaired) electrons. The predicted octanol–water partition coefficient (Wildman–Crippen LogP) is 2.57. The Morgan fingerprint density at radius 3 is 2.53 bits per heavy atom. The summed E-state index contributed by atoms with van der Waals surface area (Å²) >= 11 is 0. The molecule has 2 aliphatic rings. The smallest absolute Gasteiger partial charge is 0.342 e. The lowest BCUT2D eigenvalue weighted by Gasteiger charge is -2.35. The number of hydrogen-bond acceptors (Lipinski definition) is 8. The van der Waals surface area contributed by atoms with Crippen molar-refractivity contribution in [1.82, 2.24) is 29.5 Å². The van der Waals surface area contributed by atoms with Crippen molar-refractivity contribution < 1.29 is 23.6 Å². The number of halogens is 1. The fourth-order valence-corrected chi connectivity index (χ4v) is 5.24. The van der Waals surface area contributed by atoms with Crippen LogP contribution in [0.15, 0.2) is 47.4 Å². The van der Waals surface area contributed by atoms with Crippen molar-refractivity contribution >= 4 is 28.4 Å². The number of amides is 2. The molecular weight excluding hydrogens is 561 g/mol. The maximum absolute atomic E-state index is 14.8. The summed E-state index contributed by atoms with van der Waals surface area (Å²) in [4.78, 5) is 56.1. The molecule has 1 saturated heterocycles. The van der Waals surface area contributed by atoms with Crippen LogP contribution in [-0.4, -0.2) is 72.5 Å². The van der Waals surface area contributed by atoms with Gasteiger partial charge in [-0.2, -0.15) is 5.10 Å². The van der Waals surface area contributed by atoms with E-state index in [1.807, 2.05) is 0 Å². The number of carbonyl (C=O) groups is 2. The maximum Gasteiger partial charge on any atom is 0.342 e. The number of nitrogens with zero attached hydrogens (tertiary/aromatic N) is 6. The zero-order valence-corrected chi connectivity index (χ0v) is 23.3. The summed E-state index contributed by atoms with van der Waals surface area (Å²) < 4.78 is 21.9. The molecule has 1 aliphatic heterocycles. The van der Waals surface area contributed by atoms with Crippen molar-refractivity contribution in [1.29, 1.82) is 0 Å². The maximum atomic E-state index is 14.8. The van der Waals surface area contributed by atoms with Crippen molar-refractivity contribution in [2.24, 2.45) is 13.0 Å². The van der Waals surface area contributed by atoms with E-state index in [1.165, 1.54) is 23.7 Å². The fraction of sp³-hybridized carbons (Fsp3) is 0.345. The molecule has 4 aromatic rings. The lowest BCUT2D eigenvalue weighted by molar-refractivity contribution is -0.391. The summed E-state index contributed by atoms with van der Waals surface area (Å²) in [6.07, 6.45) is 3.21. The number of rotatable bonds is 8. The summed E-state index contributed by atoms with van der Waals surface area (Å²) in [7, 11) is 1.51. The fourth-order valence-electron chi connectivity index (χ4n) is 5.24. The molecule has 13 nitrogen and oxygen atoms in total. The molecule has 0 unspecified atom stereocenters. The van der Waals surface area contributed by atoms with Crippen LogP contribution >= 0.6 is 0 Å². The van der Waals surface area contributed by atoms with Gasteiger partial charge in [0.05, 0.1) is 23.7 Å². The number of piperazine rings is 1. The van der Waals surface area contributed by atoms with Crippen LogP contribution < -0.4 is 10.3 Å². The van der Waals surface area contributed by atoms with Gasteiger partial charge in [-0.15, -0.1) is 0 Å². The van der Waals surface area contributed by atoms with Gasteiger partial charge in [0, 0.05) is 43.9 Å². The Bertz CT molecular complexity index is 1810. The third-order valence-electron chi connectivity index (χ3n) is 7.89. The highest BCUT2D eigenvalue weighted by Gasteiger charge is 2.35. The van der Waals surface area contributed by atoms with Crippen LogP contribution in [0, 0.1) is 21.8 Å². The second-order valence-corrected chi connectivity index (χ2v) is 10.7. The van der Waals surface area contributed by atoms with Crippen molar-refractivity contribution in [2.75, 3.05) is 26.2 Å². The molecule has 1 aliphatic carbocycles. The van der Waals surface area contributed by atoms with Crippen LogP contribution in [0.5, 0.6) is 5.75 Å². The van der Waals surface area contributed by atoms with Crippen molar-refractivity contribution in [3.63, 3.8) is 0 Å². The average molecular weight is 590 g/mol. The number of fused-ring (bicyclic) bond motifs is 1. The number of H-pyrrole nitrogens is 1. The van der Waals surface area contributed by atoms with Crippen LogP contribution in [-0.2, 0) is 24.9 Å². The first-order valence-corrected chi connectivity index (χ1v) is 13.8. The zero-order chi connectivity index (χ0) is 30.2. The average Bonchev–Trinajstić information content (AvgIpc) is 3.79. The second-order valence-electron chi connectivity index (χ2n) is 10.7. The largest absolute Gasteiger partial charge is 0.483 e. The Morgan fingerprint density at radius 2 is 1.84 bits per heavy atom. The van der Waals surface area contributed by atoms with Crippen molar-refractivity contribution in [3.8, 4) is 5.75 Å². The number of hydrogen-bond donors (Lipinski definition) is 1. The van der Waals surface area contributed by atoms with Gasteiger partial charge >= 0.3 is 5.82 Å². The monoisotopic (exact) mass is 589 g/mol. The molecule has 2 aromatic heterocycles. The molecule has 43 heavy (non-hydrogen) atoms. The number of benzene rings is 2. The van der Waals surface area contributed by atoms with Gasteiger partial charge in [0.15, 0.2) is 6.61 Å². The third-order valence-corrected chi connectivity index (χ3v) is 7.89. The standard InChI is InChI=1S/C29H28FN7O6/c1-34-25(31-15-26(34)37(41)42)16-43-19-5-6-20-21(14-19)27(38)33-32-24(20)13-17-2-7-23(30)22(12-17)29(40)36-10-8-35(9-11-36)28(39)18-3-4-18/h2,5-7,12,14-15,18H,3-4,8-11,13,16H2,1H3,(H,33,38). The Balaban J connectivity index is 1.17. The minimum atomic E-state index is -0.635. The molecule has 2 amide bonds. The molecule has 14 heteroatoms. The van der Waals surface area contributed by atoms with Gasteiger partial charge in [-0.1, -0.05) is 6.07 Å². The van der Waals surface area contributed by atoms with E-state index in [1.54, 1.807) is 34.1 Å². The number of imidazole rings is 1. The van der Waals surface area contributed by atoms with Crippen molar-refractivity contribution in [2.45, 2.75) is 25.9 Å². The number of carbonyl (C=O) groups excluding carboxylic acids is 2. The predicted molar refractivity (Wildman–Crippen MR) is 151 cm³/mol. The van der Waals surface area contributed by atoms with E-state index < -0.39 is 22.2 Å². The summed E-state index contributed by atoms with van der Waals surface area (Å²) in [5.74, 6) is -0.287. The minimum absolute atomic E-state index is 0.0516. The van der Waals surface area contributed by atoms with Gasteiger partial charge in [0.2, 0.25) is 11.7 Å². The number of nitro groups is 1. The van der Waals surface area contributed by atoms with E-state index in [4.69, 9.17) is 4.74 Å². The highest BCUT2D eigenvalue weighted by atomic mass is 19.1.